The minimum Gasteiger partial charge on any atom is -0.457 e. The van der Waals surface area contributed by atoms with Crippen LogP contribution in [0.5, 0.6) is 0 Å². The number of nitrogens with zero attached hydrogens (tertiary/aromatic N) is 3. The number of hydrogen-bond donors (Lipinski definition) is 2. The predicted octanol–water partition coefficient (Wildman–Crippen LogP) is 10.0. The zero-order valence-corrected chi connectivity index (χ0v) is 28.6. The average molecular weight is 776 g/mol. The molecule has 16 heteroatoms. The summed E-state index contributed by atoms with van der Waals surface area (Å²) in [5.74, 6) is 0.319. The number of aromatic nitrogens is 2. The maximum atomic E-state index is 13.1. The standard InChI is InChI=1S/C20H12F3N3O2.C19H12ClF3N2O2/c21-20(22,23)16-11-13(4-5-14(16)12-24)18-7-6-15(28-18)8-10-26-19(27)17-3-1-2-9-25-17;20-15-6-4-12(11-14(15)19(21,22)23)17-7-5-13(27-17)8-10-25-18(26)16-3-1-2-9-24-16/h1-11H,(H,26,27);1-11H,(H,25,26)/b2*10-8+. The highest BCUT2D eigenvalue weighted by Crippen LogP contribution is 2.38. The van der Waals surface area contributed by atoms with E-state index >= 15 is 0 Å². The van der Waals surface area contributed by atoms with Crippen LogP contribution in [0.4, 0.5) is 26.3 Å². The summed E-state index contributed by atoms with van der Waals surface area (Å²) in [6.45, 7) is 0. The van der Waals surface area contributed by atoms with Crippen molar-refractivity contribution in [2.75, 3.05) is 0 Å². The van der Waals surface area contributed by atoms with Gasteiger partial charge < -0.3 is 19.5 Å². The van der Waals surface area contributed by atoms with Crippen molar-refractivity contribution in [3.63, 3.8) is 0 Å². The molecule has 2 amide bonds. The maximum absolute atomic E-state index is 13.1. The van der Waals surface area contributed by atoms with Crippen molar-refractivity contribution in [1.29, 1.82) is 5.26 Å². The largest absolute Gasteiger partial charge is 0.457 e. The smallest absolute Gasteiger partial charge is 0.417 e. The highest BCUT2D eigenvalue weighted by Gasteiger charge is 2.34. The second-order valence-electron chi connectivity index (χ2n) is 11.0. The number of amides is 2. The lowest BCUT2D eigenvalue weighted by Crippen LogP contribution is -2.17. The third-order valence-electron chi connectivity index (χ3n) is 7.26. The van der Waals surface area contributed by atoms with Crippen molar-refractivity contribution in [2.45, 2.75) is 12.4 Å². The number of nitrogens with one attached hydrogen (secondary N) is 2. The SMILES string of the molecule is N#Cc1ccc(-c2ccc(/C=C/NC(=O)c3ccccn3)o2)cc1C(F)(F)F.O=C(N/C=C/c1ccc(-c2ccc(Cl)c(C(F)(F)F)c2)o1)c1ccccn1. The summed E-state index contributed by atoms with van der Waals surface area (Å²) >= 11 is 5.62. The van der Waals surface area contributed by atoms with Gasteiger partial charge in [0.15, 0.2) is 0 Å². The minimum absolute atomic E-state index is 0.184. The number of hydrogen-bond acceptors (Lipinski definition) is 7. The van der Waals surface area contributed by atoms with Crippen LogP contribution in [0.1, 0.15) is 49.2 Å². The summed E-state index contributed by atoms with van der Waals surface area (Å²) in [7, 11) is 0. The fourth-order valence-electron chi connectivity index (χ4n) is 4.66. The Balaban J connectivity index is 0.000000211. The molecule has 0 aliphatic heterocycles. The molecule has 0 aliphatic rings. The van der Waals surface area contributed by atoms with Crippen LogP contribution in [0, 0.1) is 11.3 Å². The number of rotatable bonds is 8. The Hall–Kier alpha value is -6.92. The number of benzene rings is 2. The molecule has 0 unspecified atom stereocenters. The van der Waals surface area contributed by atoms with Crippen molar-refractivity contribution in [2.24, 2.45) is 0 Å². The van der Waals surface area contributed by atoms with Gasteiger partial charge in [-0.1, -0.05) is 23.7 Å². The Morgan fingerprint density at radius 1 is 0.655 bits per heavy atom. The van der Waals surface area contributed by atoms with E-state index in [0.717, 1.165) is 18.2 Å². The van der Waals surface area contributed by atoms with Gasteiger partial charge >= 0.3 is 12.4 Å². The Kier molecular flexibility index (Phi) is 12.3. The summed E-state index contributed by atoms with van der Waals surface area (Å²) in [5, 5.41) is 13.5. The molecule has 55 heavy (non-hydrogen) atoms. The molecular weight excluding hydrogens is 752 g/mol. The number of halogens is 7. The van der Waals surface area contributed by atoms with Crippen molar-refractivity contribution >= 4 is 35.6 Å². The van der Waals surface area contributed by atoms with E-state index in [-0.39, 0.29) is 39.1 Å². The van der Waals surface area contributed by atoms with Crippen LogP contribution in [-0.4, -0.2) is 21.8 Å². The summed E-state index contributed by atoms with van der Waals surface area (Å²) in [6.07, 6.45) is -0.570. The van der Waals surface area contributed by atoms with Gasteiger partial charge in [0.2, 0.25) is 0 Å². The first-order valence-corrected chi connectivity index (χ1v) is 16.1. The minimum atomic E-state index is -4.65. The fraction of sp³-hybridized carbons (Fsp3) is 0.0513. The van der Waals surface area contributed by atoms with Crippen LogP contribution < -0.4 is 10.6 Å². The molecule has 2 aromatic carbocycles. The van der Waals surface area contributed by atoms with Crippen molar-refractivity contribution in [3.05, 3.63) is 166 Å². The van der Waals surface area contributed by atoms with E-state index in [1.54, 1.807) is 48.5 Å². The molecule has 0 spiro atoms. The molecule has 0 saturated heterocycles. The molecule has 4 aromatic heterocycles. The maximum Gasteiger partial charge on any atom is 0.417 e. The molecule has 278 valence electrons. The van der Waals surface area contributed by atoms with Crippen LogP contribution in [0.15, 0.2) is 131 Å². The van der Waals surface area contributed by atoms with E-state index in [1.807, 2.05) is 0 Å². The first kappa shape index (κ1) is 39.3. The van der Waals surface area contributed by atoms with Crippen LogP contribution in [0.2, 0.25) is 5.02 Å². The van der Waals surface area contributed by atoms with Gasteiger partial charge in [-0.25, -0.2) is 0 Å². The molecule has 0 fully saturated rings. The molecule has 4 heterocycles. The van der Waals surface area contributed by atoms with Gasteiger partial charge in [-0.3, -0.25) is 19.6 Å². The van der Waals surface area contributed by atoms with Gasteiger partial charge in [-0.2, -0.15) is 31.6 Å². The molecular formula is C39H24ClF6N5O4. The van der Waals surface area contributed by atoms with E-state index < -0.39 is 40.9 Å². The van der Waals surface area contributed by atoms with E-state index in [0.29, 0.717) is 11.5 Å². The first-order chi connectivity index (χ1) is 26.2. The second kappa shape index (κ2) is 17.3. The molecule has 0 aliphatic carbocycles. The molecule has 0 bridgehead atoms. The van der Waals surface area contributed by atoms with Gasteiger partial charge in [-0.15, -0.1) is 0 Å². The predicted molar refractivity (Wildman–Crippen MR) is 189 cm³/mol. The van der Waals surface area contributed by atoms with Crippen LogP contribution in [0.3, 0.4) is 0 Å². The number of carbonyl (C=O) groups is 2. The van der Waals surface area contributed by atoms with E-state index in [9.17, 15) is 35.9 Å². The highest BCUT2D eigenvalue weighted by molar-refractivity contribution is 6.31. The van der Waals surface area contributed by atoms with Gasteiger partial charge in [0.25, 0.3) is 11.8 Å². The fourth-order valence-corrected chi connectivity index (χ4v) is 4.89. The number of furan rings is 2. The summed E-state index contributed by atoms with van der Waals surface area (Å²) in [5.41, 5.74) is -1.50. The van der Waals surface area contributed by atoms with Crippen molar-refractivity contribution < 1.29 is 44.8 Å². The molecule has 6 rings (SSSR count). The summed E-state index contributed by atoms with van der Waals surface area (Å²) < 4.78 is 89.1. The lowest BCUT2D eigenvalue weighted by molar-refractivity contribution is -0.138. The Bertz CT molecular complexity index is 2380. The van der Waals surface area contributed by atoms with Crippen LogP contribution >= 0.6 is 11.6 Å². The average Bonchev–Trinajstić information content (AvgIpc) is 3.85. The first-order valence-electron chi connectivity index (χ1n) is 15.7. The third kappa shape index (κ3) is 10.6. The van der Waals surface area contributed by atoms with Crippen molar-refractivity contribution in [1.82, 2.24) is 20.6 Å². The van der Waals surface area contributed by atoms with Gasteiger partial charge in [-0.05, 0) is 97.1 Å². The van der Waals surface area contributed by atoms with E-state index in [2.05, 4.69) is 20.6 Å². The van der Waals surface area contributed by atoms with Gasteiger partial charge in [0, 0.05) is 35.9 Å². The Labute approximate surface area is 313 Å². The van der Waals surface area contributed by atoms with E-state index in [4.69, 9.17) is 25.7 Å². The Morgan fingerprint density at radius 2 is 1.13 bits per heavy atom. The topological polar surface area (TPSA) is 134 Å². The molecule has 0 atom stereocenters. The lowest BCUT2D eigenvalue weighted by atomic mass is 10.0. The van der Waals surface area contributed by atoms with E-state index in [1.165, 1.54) is 73.3 Å². The molecule has 0 saturated carbocycles. The lowest BCUT2D eigenvalue weighted by Gasteiger charge is -2.09. The molecule has 6 aromatic rings. The molecule has 0 radical (unpaired) electrons. The van der Waals surface area contributed by atoms with Crippen LogP contribution in [-0.2, 0) is 12.4 Å². The number of alkyl halides is 6. The van der Waals surface area contributed by atoms with Gasteiger partial charge in [0.05, 0.1) is 27.8 Å². The number of carbonyl (C=O) groups excluding carboxylic acids is 2. The summed E-state index contributed by atoms with van der Waals surface area (Å²) in [4.78, 5) is 31.5. The number of pyridine rings is 2. The molecule has 9 nitrogen and oxygen atoms in total. The van der Waals surface area contributed by atoms with Crippen molar-refractivity contribution in [3.8, 4) is 28.7 Å². The normalized spacial score (nSPS) is 11.5. The highest BCUT2D eigenvalue weighted by atomic mass is 35.5. The zero-order valence-electron chi connectivity index (χ0n) is 27.8. The third-order valence-corrected chi connectivity index (χ3v) is 7.59. The summed E-state index contributed by atoms with van der Waals surface area (Å²) in [6, 6.07) is 24.4. The monoisotopic (exact) mass is 775 g/mol. The quantitative estimate of drug-likeness (QED) is 0.147. The number of nitriles is 1. The Morgan fingerprint density at radius 3 is 1.56 bits per heavy atom. The van der Waals surface area contributed by atoms with Crippen LogP contribution in [0.25, 0.3) is 34.8 Å². The zero-order chi connectivity index (χ0) is 39.6. The second-order valence-corrected chi connectivity index (χ2v) is 11.4. The van der Waals surface area contributed by atoms with Gasteiger partial charge in [0.1, 0.15) is 34.4 Å². The molecule has 2 N–H and O–H groups in total.